The molecule has 0 saturated heterocycles. The van der Waals surface area contributed by atoms with E-state index in [4.69, 9.17) is 9.40 Å². The summed E-state index contributed by atoms with van der Waals surface area (Å²) >= 11 is 4.90. The summed E-state index contributed by atoms with van der Waals surface area (Å²) in [6.45, 7) is 0. The van der Waals surface area contributed by atoms with Gasteiger partial charge in [0.2, 0.25) is 0 Å². The van der Waals surface area contributed by atoms with Crippen molar-refractivity contribution in [3.05, 3.63) is 99.5 Å². The van der Waals surface area contributed by atoms with Crippen molar-refractivity contribution in [2.75, 3.05) is 0 Å². The fraction of sp³-hybridized carbons (Fsp3) is 0. The number of nitriles is 1. The topological polar surface area (TPSA) is 49.8 Å². The van der Waals surface area contributed by atoms with Crippen LogP contribution in [0.1, 0.15) is 10.8 Å². The lowest BCUT2D eigenvalue weighted by atomic mass is 10.1. The van der Waals surface area contributed by atoms with E-state index in [0.717, 1.165) is 27.1 Å². The third-order valence-corrected chi connectivity index (χ3v) is 6.35. The molecular weight excluding hydrogens is 468 g/mol. The minimum Gasteiger partial charge on any atom is -0.457 e. The van der Waals surface area contributed by atoms with Crippen LogP contribution in [-0.4, -0.2) is 4.98 Å². The van der Waals surface area contributed by atoms with Gasteiger partial charge in [-0.25, -0.2) is 4.98 Å². The number of benzene rings is 3. The molecule has 0 N–H and O–H groups in total. The maximum absolute atomic E-state index is 9.72. The van der Waals surface area contributed by atoms with E-state index in [9.17, 15) is 5.26 Å². The number of aromatic nitrogens is 1. The summed E-state index contributed by atoms with van der Waals surface area (Å²) in [5, 5.41) is 14.7. The number of furan rings is 1. The molecular formula is C26H15BrN2OS. The lowest BCUT2D eigenvalue weighted by Crippen LogP contribution is -1.83. The molecule has 0 fully saturated rings. The van der Waals surface area contributed by atoms with Crippen LogP contribution in [0.3, 0.4) is 0 Å². The van der Waals surface area contributed by atoms with Crippen LogP contribution in [0.15, 0.2) is 93.1 Å². The molecule has 0 spiro atoms. The number of nitrogens with zero attached hydrogens (tertiary/aromatic N) is 2. The molecule has 0 atom stereocenters. The van der Waals surface area contributed by atoms with Crippen molar-refractivity contribution in [1.82, 2.24) is 4.98 Å². The van der Waals surface area contributed by atoms with Crippen LogP contribution in [-0.2, 0) is 0 Å². The molecule has 0 aliphatic heterocycles. The molecule has 5 aromatic rings. The number of rotatable bonds is 4. The van der Waals surface area contributed by atoms with E-state index in [1.54, 1.807) is 6.08 Å². The summed E-state index contributed by atoms with van der Waals surface area (Å²) in [6.07, 6.45) is 1.74. The molecule has 0 saturated carbocycles. The molecule has 0 aliphatic rings. The minimum absolute atomic E-state index is 0.480. The average Bonchev–Trinajstić information content (AvgIpc) is 3.48. The van der Waals surface area contributed by atoms with E-state index in [2.05, 4.69) is 52.3 Å². The normalized spacial score (nSPS) is 11.5. The van der Waals surface area contributed by atoms with Gasteiger partial charge in [0.25, 0.3) is 0 Å². The van der Waals surface area contributed by atoms with Gasteiger partial charge in [-0.3, -0.25) is 0 Å². The smallest absolute Gasteiger partial charge is 0.134 e. The Kier molecular flexibility index (Phi) is 5.25. The van der Waals surface area contributed by atoms with Gasteiger partial charge in [-0.1, -0.05) is 64.5 Å². The molecule has 0 aliphatic carbocycles. The van der Waals surface area contributed by atoms with Crippen LogP contribution < -0.4 is 0 Å². The predicted molar refractivity (Wildman–Crippen MR) is 130 cm³/mol. The van der Waals surface area contributed by atoms with E-state index in [1.165, 1.54) is 22.1 Å². The molecule has 3 nitrogen and oxygen atoms in total. The van der Waals surface area contributed by atoms with Gasteiger partial charge < -0.3 is 4.42 Å². The zero-order valence-corrected chi connectivity index (χ0v) is 18.7. The maximum Gasteiger partial charge on any atom is 0.134 e. The highest BCUT2D eigenvalue weighted by Gasteiger charge is 2.11. The SMILES string of the molecule is N#CC(=Cc1ccc(-c2ccc(Br)cc2)o1)c1nc(-c2ccc3ccccc3c2)cs1. The third kappa shape index (κ3) is 4.09. The van der Waals surface area contributed by atoms with E-state index < -0.39 is 0 Å². The number of halogens is 1. The zero-order valence-electron chi connectivity index (χ0n) is 16.2. The first-order valence-electron chi connectivity index (χ1n) is 9.62. The Morgan fingerprint density at radius 3 is 2.52 bits per heavy atom. The van der Waals surface area contributed by atoms with Crippen molar-refractivity contribution in [1.29, 1.82) is 5.26 Å². The fourth-order valence-corrected chi connectivity index (χ4v) is 4.42. The first kappa shape index (κ1) is 19.5. The molecule has 2 aromatic heterocycles. The molecule has 148 valence electrons. The standard InChI is InChI=1S/C26H15BrN2OS/c27-22-9-7-18(8-10-22)25-12-11-23(30-25)14-21(15-28)26-29-24(16-31-26)20-6-5-17-3-1-2-4-19(17)13-20/h1-14,16H. The Hall–Kier alpha value is -3.46. The molecule has 5 heteroatoms. The molecule has 0 bridgehead atoms. The molecule has 5 rings (SSSR count). The van der Waals surface area contributed by atoms with Gasteiger partial charge in [0.1, 0.15) is 22.6 Å². The second-order valence-corrected chi connectivity index (χ2v) is 8.75. The molecule has 2 heterocycles. The van der Waals surface area contributed by atoms with Crippen LogP contribution in [0.25, 0.3) is 45.0 Å². The molecule has 0 amide bonds. The van der Waals surface area contributed by atoms with Gasteiger partial charge >= 0.3 is 0 Å². The number of hydrogen-bond acceptors (Lipinski definition) is 4. The number of hydrogen-bond donors (Lipinski definition) is 0. The highest BCUT2D eigenvalue weighted by molar-refractivity contribution is 9.10. The Morgan fingerprint density at radius 2 is 1.71 bits per heavy atom. The lowest BCUT2D eigenvalue weighted by molar-refractivity contribution is 0.572. The highest BCUT2D eigenvalue weighted by atomic mass is 79.9. The predicted octanol–water partition coefficient (Wildman–Crippen LogP) is 8.05. The largest absolute Gasteiger partial charge is 0.457 e. The summed E-state index contributed by atoms with van der Waals surface area (Å²) in [5.74, 6) is 1.38. The van der Waals surface area contributed by atoms with Gasteiger partial charge in [0, 0.05) is 27.1 Å². The van der Waals surface area contributed by atoms with Crippen molar-refractivity contribution in [2.45, 2.75) is 0 Å². The van der Waals surface area contributed by atoms with E-state index >= 15 is 0 Å². The summed E-state index contributed by atoms with van der Waals surface area (Å²) in [4.78, 5) is 4.71. The molecule has 31 heavy (non-hydrogen) atoms. The minimum atomic E-state index is 0.480. The Bertz CT molecular complexity index is 1450. The second kappa shape index (κ2) is 8.35. The Morgan fingerprint density at radius 1 is 0.935 bits per heavy atom. The molecule has 0 radical (unpaired) electrons. The van der Waals surface area contributed by atoms with Crippen LogP contribution in [0.4, 0.5) is 0 Å². The van der Waals surface area contributed by atoms with Crippen molar-refractivity contribution in [3.63, 3.8) is 0 Å². The first-order valence-corrected chi connectivity index (χ1v) is 11.3. The van der Waals surface area contributed by atoms with Crippen LogP contribution in [0.2, 0.25) is 0 Å². The second-order valence-electron chi connectivity index (χ2n) is 6.98. The van der Waals surface area contributed by atoms with E-state index in [1.807, 2.05) is 53.9 Å². The van der Waals surface area contributed by atoms with Crippen molar-refractivity contribution < 1.29 is 4.42 Å². The molecule has 3 aromatic carbocycles. The average molecular weight is 483 g/mol. The van der Waals surface area contributed by atoms with Gasteiger partial charge in [0.15, 0.2) is 0 Å². The van der Waals surface area contributed by atoms with Crippen LogP contribution in [0.5, 0.6) is 0 Å². The summed E-state index contributed by atoms with van der Waals surface area (Å²) in [6, 6.07) is 28.5. The van der Waals surface area contributed by atoms with E-state index in [0.29, 0.717) is 16.3 Å². The van der Waals surface area contributed by atoms with Gasteiger partial charge in [-0.05, 0) is 41.1 Å². The van der Waals surface area contributed by atoms with Crippen LogP contribution >= 0.6 is 27.3 Å². The number of thiazole rings is 1. The summed E-state index contributed by atoms with van der Waals surface area (Å²) in [7, 11) is 0. The quantitative estimate of drug-likeness (QED) is 0.243. The number of allylic oxidation sites excluding steroid dienone is 1. The maximum atomic E-state index is 9.72. The fourth-order valence-electron chi connectivity index (χ4n) is 3.36. The monoisotopic (exact) mass is 482 g/mol. The molecule has 0 unspecified atom stereocenters. The summed E-state index contributed by atoms with van der Waals surface area (Å²) in [5.41, 5.74) is 3.36. The summed E-state index contributed by atoms with van der Waals surface area (Å²) < 4.78 is 6.95. The highest BCUT2D eigenvalue weighted by Crippen LogP contribution is 2.30. The van der Waals surface area contributed by atoms with Crippen molar-refractivity contribution >= 4 is 49.7 Å². The zero-order chi connectivity index (χ0) is 21.2. The number of fused-ring (bicyclic) bond motifs is 1. The van der Waals surface area contributed by atoms with Crippen molar-refractivity contribution in [3.8, 4) is 28.7 Å². The Balaban J connectivity index is 1.44. The van der Waals surface area contributed by atoms with E-state index in [-0.39, 0.29) is 0 Å². The van der Waals surface area contributed by atoms with Gasteiger partial charge in [0.05, 0.1) is 11.3 Å². The first-order chi connectivity index (χ1) is 15.2. The van der Waals surface area contributed by atoms with Crippen molar-refractivity contribution in [2.24, 2.45) is 0 Å². The lowest BCUT2D eigenvalue weighted by Gasteiger charge is -2.00. The Labute approximate surface area is 192 Å². The van der Waals surface area contributed by atoms with Gasteiger partial charge in [-0.2, -0.15) is 5.26 Å². The third-order valence-electron chi connectivity index (χ3n) is 4.94. The van der Waals surface area contributed by atoms with Crippen LogP contribution in [0, 0.1) is 11.3 Å². The van der Waals surface area contributed by atoms with Gasteiger partial charge in [-0.15, -0.1) is 11.3 Å².